The first kappa shape index (κ1) is 7.40. The number of carbonyl (C=O) groups is 2. The van der Waals surface area contributed by atoms with E-state index in [-0.39, 0.29) is 5.24 Å². The molecular weight excluding hydrogens is 154 g/mol. The van der Waals surface area contributed by atoms with Gasteiger partial charge >= 0.3 is 5.97 Å². The van der Waals surface area contributed by atoms with Crippen LogP contribution in [0.4, 0.5) is 4.79 Å². The summed E-state index contributed by atoms with van der Waals surface area (Å²) in [6, 6.07) is 0. The zero-order chi connectivity index (χ0) is 7.78. The Hall–Kier alpha value is -0.710. The average molecular weight is 161 g/mol. The van der Waals surface area contributed by atoms with Gasteiger partial charge in [-0.1, -0.05) is 11.8 Å². The van der Waals surface area contributed by atoms with Gasteiger partial charge in [-0.3, -0.25) is 4.79 Å². The van der Waals surface area contributed by atoms with Crippen LogP contribution in [0.25, 0.3) is 0 Å². The summed E-state index contributed by atoms with van der Waals surface area (Å²) in [6.45, 7) is 1.49. The molecule has 10 heavy (non-hydrogen) atoms. The smallest absolute Gasteiger partial charge is 0.330 e. The van der Waals surface area contributed by atoms with Crippen molar-refractivity contribution in [2.24, 2.45) is 0 Å². The van der Waals surface area contributed by atoms with Gasteiger partial charge in [0.05, 0.1) is 0 Å². The lowest BCUT2D eigenvalue weighted by molar-refractivity contribution is -0.142. The summed E-state index contributed by atoms with van der Waals surface area (Å²) < 4.78 is 0. The van der Waals surface area contributed by atoms with E-state index in [1.165, 1.54) is 6.92 Å². The van der Waals surface area contributed by atoms with Gasteiger partial charge in [-0.05, 0) is 6.92 Å². The normalized spacial score (nSPS) is 31.9. The van der Waals surface area contributed by atoms with Gasteiger partial charge in [0.25, 0.3) is 5.24 Å². The Bertz CT molecular complexity index is 193. The number of aliphatic carboxylic acids is 1. The number of carboxylic acid groups (broad SMARTS) is 1. The summed E-state index contributed by atoms with van der Waals surface area (Å²) in [5, 5.41) is 10.7. The van der Waals surface area contributed by atoms with Crippen LogP contribution >= 0.6 is 11.8 Å². The van der Waals surface area contributed by atoms with Gasteiger partial charge in [0.2, 0.25) is 0 Å². The molecule has 1 rings (SSSR count). The molecule has 1 saturated heterocycles. The highest BCUT2D eigenvalue weighted by molar-refractivity contribution is 8.14. The SMILES string of the molecule is C[C@]1(C(=O)O)CSC(=O)N1. The molecule has 1 fully saturated rings. The summed E-state index contributed by atoms with van der Waals surface area (Å²) in [5.41, 5.74) is -1.05. The molecule has 0 aliphatic carbocycles. The van der Waals surface area contributed by atoms with Crippen LogP contribution in [0.1, 0.15) is 6.92 Å². The first-order valence-corrected chi connectivity index (χ1v) is 3.71. The maximum absolute atomic E-state index is 10.6. The minimum Gasteiger partial charge on any atom is -0.479 e. The number of hydrogen-bond acceptors (Lipinski definition) is 3. The highest BCUT2D eigenvalue weighted by atomic mass is 32.2. The van der Waals surface area contributed by atoms with E-state index in [0.29, 0.717) is 5.75 Å². The molecule has 0 unspecified atom stereocenters. The lowest BCUT2D eigenvalue weighted by Gasteiger charge is -2.15. The number of rotatable bonds is 1. The van der Waals surface area contributed by atoms with Gasteiger partial charge in [-0.2, -0.15) is 0 Å². The fraction of sp³-hybridized carbons (Fsp3) is 0.600. The predicted molar refractivity (Wildman–Crippen MR) is 37.0 cm³/mol. The zero-order valence-corrected chi connectivity index (χ0v) is 6.20. The van der Waals surface area contributed by atoms with Crippen LogP contribution in [0, 0.1) is 0 Å². The fourth-order valence-electron chi connectivity index (χ4n) is 0.623. The predicted octanol–water partition coefficient (Wildman–Crippen LogP) is 0.286. The molecule has 1 aliphatic heterocycles. The Kier molecular flexibility index (Phi) is 1.60. The van der Waals surface area contributed by atoms with E-state index in [1.807, 2.05) is 0 Å². The summed E-state index contributed by atoms with van der Waals surface area (Å²) >= 11 is 1.00. The minimum absolute atomic E-state index is 0.259. The lowest BCUT2D eigenvalue weighted by Crippen LogP contribution is -2.47. The second-order valence-corrected chi connectivity index (χ2v) is 3.29. The third-order valence-corrected chi connectivity index (χ3v) is 2.43. The molecule has 4 nitrogen and oxygen atoms in total. The summed E-state index contributed by atoms with van der Waals surface area (Å²) in [7, 11) is 0. The molecule has 0 spiro atoms. The van der Waals surface area contributed by atoms with Crippen LogP contribution < -0.4 is 5.32 Å². The lowest BCUT2D eigenvalue weighted by atomic mass is 10.1. The first-order chi connectivity index (χ1) is 4.54. The largest absolute Gasteiger partial charge is 0.479 e. The molecule has 0 aromatic carbocycles. The minimum atomic E-state index is -1.05. The molecular formula is C5H7NO3S. The third kappa shape index (κ3) is 1.09. The first-order valence-electron chi connectivity index (χ1n) is 2.73. The van der Waals surface area contributed by atoms with Crippen LogP contribution in [0.15, 0.2) is 0 Å². The average Bonchev–Trinajstić information content (AvgIpc) is 2.13. The molecule has 1 atom stereocenters. The van der Waals surface area contributed by atoms with Crippen molar-refractivity contribution in [1.82, 2.24) is 5.32 Å². The number of hydrogen-bond donors (Lipinski definition) is 2. The van der Waals surface area contributed by atoms with Crippen LogP contribution in [0.5, 0.6) is 0 Å². The van der Waals surface area contributed by atoms with Crippen molar-refractivity contribution in [3.63, 3.8) is 0 Å². The van der Waals surface area contributed by atoms with E-state index in [0.717, 1.165) is 11.8 Å². The van der Waals surface area contributed by atoms with Crippen LogP contribution in [0.3, 0.4) is 0 Å². The zero-order valence-electron chi connectivity index (χ0n) is 5.38. The van der Waals surface area contributed by atoms with E-state index >= 15 is 0 Å². The van der Waals surface area contributed by atoms with Gasteiger partial charge in [0.15, 0.2) is 0 Å². The van der Waals surface area contributed by atoms with Crippen LogP contribution in [0.2, 0.25) is 0 Å². The molecule has 0 bridgehead atoms. The molecule has 1 amide bonds. The quantitative estimate of drug-likeness (QED) is 0.580. The Morgan fingerprint density at radius 1 is 1.90 bits per heavy atom. The van der Waals surface area contributed by atoms with Crippen molar-refractivity contribution in [3.8, 4) is 0 Å². The van der Waals surface area contributed by atoms with E-state index in [9.17, 15) is 9.59 Å². The maximum atomic E-state index is 10.6. The molecule has 0 aromatic heterocycles. The van der Waals surface area contributed by atoms with Gasteiger partial charge in [-0.25, -0.2) is 4.79 Å². The van der Waals surface area contributed by atoms with Crippen molar-refractivity contribution < 1.29 is 14.7 Å². The molecule has 2 N–H and O–H groups in total. The van der Waals surface area contributed by atoms with Gasteiger partial charge in [-0.15, -0.1) is 0 Å². The van der Waals surface area contributed by atoms with Crippen molar-refractivity contribution in [3.05, 3.63) is 0 Å². The molecule has 1 aliphatic rings. The molecule has 1 heterocycles. The number of thioether (sulfide) groups is 1. The molecule has 0 saturated carbocycles. The van der Waals surface area contributed by atoms with E-state index in [1.54, 1.807) is 0 Å². The Labute approximate surface area is 62.0 Å². The highest BCUT2D eigenvalue weighted by Crippen LogP contribution is 2.22. The van der Waals surface area contributed by atoms with E-state index in [2.05, 4.69) is 5.32 Å². The standard InChI is InChI=1S/C5H7NO3S/c1-5(3(7)8)2-10-4(9)6-5/h2H2,1H3,(H,6,9)(H,7,8)/t5-/m1/s1. The fourth-order valence-corrected chi connectivity index (χ4v) is 1.54. The van der Waals surface area contributed by atoms with Crippen molar-refractivity contribution in [2.75, 3.05) is 5.75 Å². The van der Waals surface area contributed by atoms with Crippen molar-refractivity contribution in [2.45, 2.75) is 12.5 Å². The number of amides is 1. The number of nitrogens with one attached hydrogen (secondary N) is 1. The Morgan fingerprint density at radius 2 is 2.50 bits per heavy atom. The van der Waals surface area contributed by atoms with Gasteiger partial charge in [0, 0.05) is 5.75 Å². The summed E-state index contributed by atoms with van der Waals surface area (Å²) in [4.78, 5) is 21.0. The molecule has 0 aromatic rings. The highest BCUT2D eigenvalue weighted by Gasteiger charge is 2.40. The molecule has 5 heteroatoms. The number of carbonyl (C=O) groups excluding carboxylic acids is 1. The topological polar surface area (TPSA) is 66.4 Å². The third-order valence-electron chi connectivity index (χ3n) is 1.34. The van der Waals surface area contributed by atoms with E-state index in [4.69, 9.17) is 5.11 Å². The molecule has 0 radical (unpaired) electrons. The van der Waals surface area contributed by atoms with E-state index < -0.39 is 11.5 Å². The van der Waals surface area contributed by atoms with Crippen molar-refractivity contribution in [1.29, 1.82) is 0 Å². The monoisotopic (exact) mass is 161 g/mol. The van der Waals surface area contributed by atoms with Crippen LogP contribution in [-0.2, 0) is 4.79 Å². The Morgan fingerprint density at radius 3 is 2.70 bits per heavy atom. The van der Waals surface area contributed by atoms with Gasteiger partial charge in [0.1, 0.15) is 5.54 Å². The summed E-state index contributed by atoms with van der Waals surface area (Å²) in [6.07, 6.45) is 0. The number of carboxylic acids is 1. The van der Waals surface area contributed by atoms with Crippen LogP contribution in [-0.4, -0.2) is 27.6 Å². The summed E-state index contributed by atoms with van der Waals surface area (Å²) in [5.74, 6) is -0.674. The second-order valence-electron chi connectivity index (χ2n) is 2.34. The second kappa shape index (κ2) is 2.16. The Balaban J connectivity index is 2.72. The molecule has 56 valence electrons. The van der Waals surface area contributed by atoms with Gasteiger partial charge < -0.3 is 10.4 Å². The van der Waals surface area contributed by atoms with Crippen molar-refractivity contribution >= 4 is 23.0 Å². The maximum Gasteiger partial charge on any atom is 0.330 e.